The lowest BCUT2D eigenvalue weighted by Crippen LogP contribution is -2.44. The van der Waals surface area contributed by atoms with Crippen LogP contribution in [0, 0.1) is 17.3 Å². The summed E-state index contributed by atoms with van der Waals surface area (Å²) in [7, 11) is -0.682. The van der Waals surface area contributed by atoms with Crippen LogP contribution in [0.5, 0.6) is 5.75 Å². The number of hydrogen-bond acceptors (Lipinski definition) is 7. The Kier molecular flexibility index (Phi) is 9.40. The zero-order valence-corrected chi connectivity index (χ0v) is 25.3. The molecular formula is C30H26ClF2N7O4S. The maximum atomic E-state index is 15.5. The highest BCUT2D eigenvalue weighted by atomic mass is 35.5. The van der Waals surface area contributed by atoms with E-state index in [1.54, 1.807) is 61.0 Å². The monoisotopic (exact) mass is 653 g/mol. The first kappa shape index (κ1) is 31.6. The van der Waals surface area contributed by atoms with E-state index in [-0.39, 0.29) is 35.8 Å². The minimum absolute atomic E-state index is 0.0907. The average Bonchev–Trinajstić information content (AvgIpc) is 3.58. The molecule has 3 aromatic carbocycles. The average molecular weight is 654 g/mol. The predicted octanol–water partition coefficient (Wildman–Crippen LogP) is 4.42. The Labute approximate surface area is 263 Å². The number of halogens is 3. The van der Waals surface area contributed by atoms with Crippen LogP contribution in [0.4, 0.5) is 14.5 Å². The van der Waals surface area contributed by atoms with Crippen molar-refractivity contribution in [2.45, 2.75) is 25.2 Å². The Bertz CT molecular complexity index is 1890. The van der Waals surface area contributed by atoms with Crippen LogP contribution in [0.3, 0.4) is 0 Å². The summed E-state index contributed by atoms with van der Waals surface area (Å²) in [5, 5.41) is 16.1. The van der Waals surface area contributed by atoms with Gasteiger partial charge in [0.2, 0.25) is 18.0 Å². The molecule has 15 heteroatoms. The van der Waals surface area contributed by atoms with Crippen molar-refractivity contribution in [2.24, 2.45) is 10.1 Å². The van der Waals surface area contributed by atoms with Crippen molar-refractivity contribution in [1.29, 1.82) is 5.26 Å². The highest BCUT2D eigenvalue weighted by Gasteiger charge is 2.40. The molecule has 1 saturated heterocycles. The topological polar surface area (TPSA) is 156 Å². The number of anilines is 1. The molecule has 3 N–H and O–H groups in total. The van der Waals surface area contributed by atoms with Gasteiger partial charge in [0, 0.05) is 34.0 Å². The van der Waals surface area contributed by atoms with Crippen molar-refractivity contribution in [1.82, 2.24) is 14.7 Å². The highest BCUT2D eigenvalue weighted by molar-refractivity contribution is 7.86. The third-order valence-electron chi connectivity index (χ3n) is 7.13. The van der Waals surface area contributed by atoms with Gasteiger partial charge in [0.15, 0.2) is 11.5 Å². The van der Waals surface area contributed by atoms with Crippen molar-refractivity contribution < 1.29 is 27.9 Å². The molecule has 2 unspecified atom stereocenters. The van der Waals surface area contributed by atoms with Crippen molar-refractivity contribution in [2.75, 3.05) is 24.1 Å². The largest absolute Gasteiger partial charge is 0.482 e. The van der Waals surface area contributed by atoms with E-state index in [0.29, 0.717) is 27.2 Å². The van der Waals surface area contributed by atoms with E-state index in [2.05, 4.69) is 14.8 Å². The summed E-state index contributed by atoms with van der Waals surface area (Å²) in [6.07, 6.45) is 1.65. The number of carbonyl (C=O) groups excluding carboxylic acids is 3. The number of benzene rings is 3. The van der Waals surface area contributed by atoms with Crippen LogP contribution >= 0.6 is 11.6 Å². The molecule has 4 aromatic rings. The van der Waals surface area contributed by atoms with Crippen molar-refractivity contribution >= 4 is 56.6 Å². The van der Waals surface area contributed by atoms with Gasteiger partial charge in [-0.05, 0) is 41.2 Å². The maximum Gasteiger partial charge on any atom is 0.269 e. The summed E-state index contributed by atoms with van der Waals surface area (Å²) in [6, 6.07) is 14.5. The van der Waals surface area contributed by atoms with Gasteiger partial charge in [0.1, 0.15) is 30.4 Å². The SMILES string of the molecule is CS(COc1ccc2c(C(N)=O)nn(CC(=O)N3C[C@H](F)CC3C(=O)Nc3cccc(-c4ccccc4Cl)c3F)c2c1)=NC#N. The summed E-state index contributed by atoms with van der Waals surface area (Å²) in [6.45, 7) is -0.821. The van der Waals surface area contributed by atoms with Crippen molar-refractivity contribution in [3.05, 3.63) is 77.2 Å². The van der Waals surface area contributed by atoms with Crippen LogP contribution in [0.2, 0.25) is 5.02 Å². The van der Waals surface area contributed by atoms with Gasteiger partial charge >= 0.3 is 0 Å². The number of hydrogen-bond donors (Lipinski definition) is 2. The first-order valence-electron chi connectivity index (χ1n) is 13.5. The van der Waals surface area contributed by atoms with E-state index >= 15 is 4.39 Å². The number of fused-ring (bicyclic) bond motifs is 1. The van der Waals surface area contributed by atoms with Crippen molar-refractivity contribution in [3.8, 4) is 23.1 Å². The first-order valence-corrected chi connectivity index (χ1v) is 15.6. The molecule has 1 aliphatic heterocycles. The molecule has 0 saturated carbocycles. The van der Waals surface area contributed by atoms with Crippen LogP contribution in [0.15, 0.2) is 65.0 Å². The van der Waals surface area contributed by atoms with Crippen molar-refractivity contribution in [3.63, 3.8) is 0 Å². The van der Waals surface area contributed by atoms with Crippen LogP contribution in [-0.4, -0.2) is 63.4 Å². The minimum atomic E-state index is -1.50. The zero-order chi connectivity index (χ0) is 32.2. The molecule has 3 atom stereocenters. The van der Waals surface area contributed by atoms with Gasteiger partial charge in [-0.15, -0.1) is 4.36 Å². The Balaban J connectivity index is 1.38. The second-order valence-electron chi connectivity index (χ2n) is 10.1. The summed E-state index contributed by atoms with van der Waals surface area (Å²) < 4.78 is 40.8. The number of nitriles is 1. The van der Waals surface area contributed by atoms with Crippen LogP contribution < -0.4 is 15.8 Å². The summed E-state index contributed by atoms with van der Waals surface area (Å²) in [4.78, 5) is 40.0. The molecule has 1 aliphatic rings. The lowest BCUT2D eigenvalue weighted by Gasteiger charge is -2.24. The molecule has 2 heterocycles. The van der Waals surface area contributed by atoms with Gasteiger partial charge in [-0.25, -0.2) is 8.78 Å². The molecule has 1 aromatic heterocycles. The fourth-order valence-electron chi connectivity index (χ4n) is 5.06. The van der Waals surface area contributed by atoms with Gasteiger partial charge in [0.25, 0.3) is 5.91 Å². The Morgan fingerprint density at radius 2 is 1.96 bits per heavy atom. The number of primary amides is 1. The van der Waals surface area contributed by atoms with Crippen LogP contribution in [0.25, 0.3) is 22.0 Å². The molecule has 1 fully saturated rings. The second-order valence-corrected chi connectivity index (χ2v) is 12.2. The number of ether oxygens (including phenoxy) is 1. The number of nitrogens with one attached hydrogen (secondary N) is 1. The molecular weight excluding hydrogens is 628 g/mol. The molecule has 11 nitrogen and oxygen atoms in total. The van der Waals surface area contributed by atoms with Crippen LogP contribution in [0.1, 0.15) is 16.9 Å². The molecule has 0 radical (unpaired) electrons. The molecule has 3 amide bonds. The number of nitrogens with zero attached hydrogens (tertiary/aromatic N) is 5. The highest BCUT2D eigenvalue weighted by Crippen LogP contribution is 2.33. The van der Waals surface area contributed by atoms with E-state index in [4.69, 9.17) is 27.3 Å². The number of nitrogens with two attached hydrogens (primary N) is 1. The number of likely N-dealkylation sites (tertiary alicyclic amines) is 1. The number of rotatable bonds is 9. The quantitative estimate of drug-likeness (QED) is 0.255. The summed E-state index contributed by atoms with van der Waals surface area (Å²) in [5.41, 5.74) is 6.19. The van der Waals surface area contributed by atoms with E-state index in [1.165, 1.54) is 16.8 Å². The number of carbonyl (C=O) groups is 3. The molecule has 0 bridgehead atoms. The number of aromatic nitrogens is 2. The Morgan fingerprint density at radius 1 is 1.20 bits per heavy atom. The smallest absolute Gasteiger partial charge is 0.269 e. The minimum Gasteiger partial charge on any atom is -0.482 e. The second kappa shape index (κ2) is 13.4. The lowest BCUT2D eigenvalue weighted by atomic mass is 10.0. The third-order valence-corrected chi connectivity index (χ3v) is 8.31. The van der Waals surface area contributed by atoms with Gasteiger partial charge in [0.05, 0.1) is 17.7 Å². The maximum absolute atomic E-state index is 15.5. The summed E-state index contributed by atoms with van der Waals surface area (Å²) in [5.74, 6) is -2.50. The van der Waals surface area contributed by atoms with Gasteiger partial charge in [-0.3, -0.25) is 19.1 Å². The molecule has 0 aliphatic carbocycles. The Morgan fingerprint density at radius 3 is 2.69 bits per heavy atom. The molecule has 45 heavy (non-hydrogen) atoms. The fourth-order valence-corrected chi connectivity index (χ4v) is 5.79. The van der Waals surface area contributed by atoms with Crippen LogP contribution in [-0.2, 0) is 26.8 Å². The van der Waals surface area contributed by atoms with E-state index in [0.717, 1.165) is 4.90 Å². The number of alkyl halides is 1. The number of amides is 3. The zero-order valence-electron chi connectivity index (χ0n) is 23.7. The summed E-state index contributed by atoms with van der Waals surface area (Å²) >= 11 is 6.24. The van der Waals surface area contributed by atoms with Gasteiger partial charge < -0.3 is 20.7 Å². The third kappa shape index (κ3) is 6.79. The predicted molar refractivity (Wildman–Crippen MR) is 166 cm³/mol. The molecule has 232 valence electrons. The van der Waals surface area contributed by atoms with E-state index in [9.17, 15) is 18.8 Å². The van der Waals surface area contributed by atoms with E-state index < -0.39 is 53.0 Å². The lowest BCUT2D eigenvalue weighted by molar-refractivity contribution is -0.137. The Hall–Kier alpha value is -4.87. The normalized spacial score (nSPS) is 16.8. The van der Waals surface area contributed by atoms with Gasteiger partial charge in [-0.2, -0.15) is 10.4 Å². The molecule has 5 rings (SSSR count). The molecule has 0 spiro atoms. The first-order chi connectivity index (χ1) is 21.6. The van der Waals surface area contributed by atoms with E-state index in [1.807, 2.05) is 0 Å². The standard InChI is InChI=1S/C30H26ClF2N7O4S/c1-45(36-15-34)16-44-18-9-10-21-24(12-18)40(38-28(21)29(35)42)14-26(41)39-13-17(32)11-25(39)30(43)37-23-8-4-6-20(27(23)33)19-5-2-3-7-22(19)31/h2-10,12,17,25H,11,13-14,16H2,1H3,(H2,35,42)(H,37,43)/t17-,25?,45?/m1/s1. The van der Waals surface area contributed by atoms with Gasteiger partial charge in [-0.1, -0.05) is 41.9 Å². The fraction of sp³-hybridized carbons (Fsp3) is 0.233.